The molecule has 3 heteroatoms. The van der Waals surface area contributed by atoms with Crippen LogP contribution in [0.1, 0.15) is 48.8 Å². The van der Waals surface area contributed by atoms with Crippen LogP contribution in [0, 0.1) is 11.3 Å². The molecule has 0 aliphatic heterocycles. The van der Waals surface area contributed by atoms with Gasteiger partial charge >= 0.3 is 0 Å². The van der Waals surface area contributed by atoms with Crippen LogP contribution in [0.3, 0.4) is 0 Å². The van der Waals surface area contributed by atoms with E-state index in [0.717, 1.165) is 46.5 Å². The van der Waals surface area contributed by atoms with Crippen LogP contribution in [-0.4, -0.2) is 9.97 Å². The fraction of sp³-hybridized carbons (Fsp3) is 0.128. The average Bonchev–Trinajstić information content (AvgIpc) is 3.45. The number of hydrogen-bond acceptors (Lipinski definition) is 3. The second-order valence-electron chi connectivity index (χ2n) is 13.6. The van der Waals surface area contributed by atoms with E-state index >= 15 is 0 Å². The average molecular weight is 642 g/mol. The fourth-order valence-electron chi connectivity index (χ4n) is 8.23. The molecule has 238 valence electrons. The Bertz CT molecular complexity index is 2400. The van der Waals surface area contributed by atoms with Gasteiger partial charge in [0.1, 0.15) is 0 Å². The van der Waals surface area contributed by atoms with Gasteiger partial charge in [-0.1, -0.05) is 141 Å². The van der Waals surface area contributed by atoms with Crippen LogP contribution in [0.15, 0.2) is 152 Å². The molecule has 1 fully saturated rings. The molecule has 1 heterocycles. The molecule has 9 rings (SSSR count). The zero-order chi connectivity index (χ0) is 33.5. The zero-order valence-corrected chi connectivity index (χ0v) is 27.8. The molecule has 0 saturated heterocycles. The minimum atomic E-state index is 0.0206. The third-order valence-electron chi connectivity index (χ3n) is 10.7. The van der Waals surface area contributed by atoms with Crippen molar-refractivity contribution in [3.63, 3.8) is 0 Å². The quantitative estimate of drug-likeness (QED) is 0.188. The molecule has 3 nitrogen and oxygen atoms in total. The minimum absolute atomic E-state index is 0.0206. The maximum Gasteiger partial charge on any atom is 0.160 e. The zero-order valence-electron chi connectivity index (χ0n) is 27.8. The first kappa shape index (κ1) is 30.0. The largest absolute Gasteiger partial charge is 0.228 e. The van der Waals surface area contributed by atoms with Crippen molar-refractivity contribution >= 4 is 0 Å². The highest BCUT2D eigenvalue weighted by Crippen LogP contribution is 2.56. The lowest BCUT2D eigenvalue weighted by Crippen LogP contribution is -2.28. The molecule has 0 N–H and O–H groups in total. The molecule has 0 amide bonds. The van der Waals surface area contributed by atoms with Gasteiger partial charge in [0.15, 0.2) is 5.82 Å². The fourth-order valence-corrected chi connectivity index (χ4v) is 8.23. The Balaban J connectivity index is 1.13. The number of nitriles is 1. The topological polar surface area (TPSA) is 49.6 Å². The van der Waals surface area contributed by atoms with Crippen LogP contribution in [0.5, 0.6) is 0 Å². The number of fused-ring (bicyclic) bond motifs is 5. The van der Waals surface area contributed by atoms with Gasteiger partial charge in [-0.25, -0.2) is 9.97 Å². The Morgan fingerprint density at radius 3 is 1.78 bits per heavy atom. The maximum atomic E-state index is 9.69. The van der Waals surface area contributed by atoms with Crippen LogP contribution in [0.4, 0.5) is 0 Å². The van der Waals surface area contributed by atoms with E-state index in [9.17, 15) is 5.26 Å². The van der Waals surface area contributed by atoms with Crippen LogP contribution in [-0.2, 0) is 5.41 Å². The van der Waals surface area contributed by atoms with Gasteiger partial charge in [-0.2, -0.15) is 5.26 Å². The molecule has 1 aromatic heterocycles. The van der Waals surface area contributed by atoms with Gasteiger partial charge in [-0.05, 0) is 87.7 Å². The van der Waals surface area contributed by atoms with Crippen LogP contribution >= 0.6 is 0 Å². The van der Waals surface area contributed by atoms with Gasteiger partial charge < -0.3 is 0 Å². The Kier molecular flexibility index (Phi) is 7.44. The normalized spacial score (nSPS) is 14.1. The Morgan fingerprint density at radius 1 is 0.440 bits per heavy atom. The third-order valence-corrected chi connectivity index (χ3v) is 10.7. The van der Waals surface area contributed by atoms with Gasteiger partial charge in [0.25, 0.3) is 0 Å². The minimum Gasteiger partial charge on any atom is -0.228 e. The highest BCUT2D eigenvalue weighted by molar-refractivity contribution is 5.85. The standard InChI is InChI=1S/C47H35N3/c48-31-32-17-24-42-41(27-32)40-23-22-38(29-43(40)47(42)25-8-3-9-26-47)37-15-10-16-39(28-37)45-30-44(49-46(50-45)36-13-6-2-7-14-36)35-20-18-34(19-21-35)33-11-4-1-5-12-33/h1-2,4-7,10-24,27-30H,3,8-9,25-26H2. The van der Waals surface area contributed by atoms with Crippen LogP contribution in [0.2, 0.25) is 0 Å². The Morgan fingerprint density at radius 2 is 1.04 bits per heavy atom. The van der Waals surface area contributed by atoms with Crippen LogP contribution < -0.4 is 0 Å². The molecule has 1 saturated carbocycles. The number of rotatable bonds is 5. The summed E-state index contributed by atoms with van der Waals surface area (Å²) in [5.41, 5.74) is 15.7. The van der Waals surface area contributed by atoms with Crippen molar-refractivity contribution in [2.24, 2.45) is 0 Å². The van der Waals surface area contributed by atoms with E-state index in [1.807, 2.05) is 30.3 Å². The molecule has 0 atom stereocenters. The van der Waals surface area contributed by atoms with Crippen molar-refractivity contribution in [1.29, 1.82) is 5.26 Å². The second-order valence-corrected chi connectivity index (χ2v) is 13.6. The van der Waals surface area contributed by atoms with Gasteiger partial charge in [0.05, 0.1) is 23.0 Å². The second kappa shape index (κ2) is 12.4. The summed E-state index contributed by atoms with van der Waals surface area (Å²) in [4.78, 5) is 10.2. The SMILES string of the molecule is N#Cc1ccc2c(c1)-c1ccc(-c3cccc(-c4cc(-c5ccc(-c6ccccc6)cc5)nc(-c5ccccc5)n4)c3)cc1C21CCCCC1. The molecular formula is C47H35N3. The number of hydrogen-bond donors (Lipinski definition) is 0. The van der Waals surface area contributed by atoms with Crippen molar-refractivity contribution in [2.75, 3.05) is 0 Å². The lowest BCUT2D eigenvalue weighted by Gasteiger charge is -2.36. The van der Waals surface area contributed by atoms with Crippen molar-refractivity contribution < 1.29 is 0 Å². The summed E-state index contributed by atoms with van der Waals surface area (Å²) in [6, 6.07) is 55.9. The van der Waals surface area contributed by atoms with E-state index in [2.05, 4.69) is 127 Å². The molecule has 7 aromatic rings. The van der Waals surface area contributed by atoms with Crippen molar-refractivity contribution in [3.8, 4) is 73.4 Å². The van der Waals surface area contributed by atoms with Gasteiger partial charge in [-0.3, -0.25) is 0 Å². The van der Waals surface area contributed by atoms with E-state index < -0.39 is 0 Å². The Labute approximate surface area is 293 Å². The molecule has 0 radical (unpaired) electrons. The van der Waals surface area contributed by atoms with Gasteiger partial charge in [0.2, 0.25) is 0 Å². The number of aromatic nitrogens is 2. The summed E-state index contributed by atoms with van der Waals surface area (Å²) in [5, 5.41) is 9.69. The first-order valence-corrected chi connectivity index (χ1v) is 17.6. The summed E-state index contributed by atoms with van der Waals surface area (Å²) in [6.45, 7) is 0. The number of nitrogens with zero attached hydrogens (tertiary/aromatic N) is 3. The summed E-state index contributed by atoms with van der Waals surface area (Å²) in [6.07, 6.45) is 6.05. The molecule has 0 unspecified atom stereocenters. The van der Waals surface area contributed by atoms with E-state index in [4.69, 9.17) is 9.97 Å². The summed E-state index contributed by atoms with van der Waals surface area (Å²) < 4.78 is 0. The third kappa shape index (κ3) is 5.21. The Hall–Kier alpha value is -6.11. The molecule has 0 bridgehead atoms. The number of benzene rings is 6. The molecule has 50 heavy (non-hydrogen) atoms. The summed E-state index contributed by atoms with van der Waals surface area (Å²) in [5.74, 6) is 0.710. The van der Waals surface area contributed by atoms with E-state index in [0.29, 0.717) is 5.82 Å². The van der Waals surface area contributed by atoms with Crippen molar-refractivity contribution in [3.05, 3.63) is 168 Å². The molecule has 1 spiro atoms. The molecule has 6 aromatic carbocycles. The lowest BCUT2D eigenvalue weighted by atomic mass is 9.67. The summed E-state index contributed by atoms with van der Waals surface area (Å²) in [7, 11) is 0. The van der Waals surface area contributed by atoms with Crippen molar-refractivity contribution in [2.45, 2.75) is 37.5 Å². The van der Waals surface area contributed by atoms with Gasteiger partial charge in [-0.15, -0.1) is 0 Å². The molecule has 2 aliphatic rings. The molecule has 2 aliphatic carbocycles. The smallest absolute Gasteiger partial charge is 0.160 e. The van der Waals surface area contributed by atoms with Crippen molar-refractivity contribution in [1.82, 2.24) is 9.97 Å². The highest BCUT2D eigenvalue weighted by Gasteiger charge is 2.43. The maximum absolute atomic E-state index is 9.69. The summed E-state index contributed by atoms with van der Waals surface area (Å²) >= 11 is 0. The van der Waals surface area contributed by atoms with E-state index in [-0.39, 0.29) is 5.41 Å². The lowest BCUT2D eigenvalue weighted by molar-refractivity contribution is 0.353. The van der Waals surface area contributed by atoms with E-state index in [1.54, 1.807) is 0 Å². The van der Waals surface area contributed by atoms with E-state index in [1.165, 1.54) is 63.8 Å². The predicted molar refractivity (Wildman–Crippen MR) is 203 cm³/mol. The van der Waals surface area contributed by atoms with Gasteiger partial charge in [0, 0.05) is 22.1 Å². The van der Waals surface area contributed by atoms with Crippen LogP contribution in [0.25, 0.3) is 67.3 Å². The first-order chi connectivity index (χ1) is 24.7. The monoisotopic (exact) mass is 641 g/mol. The predicted octanol–water partition coefficient (Wildman–Crippen LogP) is 11.9. The highest BCUT2D eigenvalue weighted by atomic mass is 14.9. The molecular weight excluding hydrogens is 607 g/mol. The first-order valence-electron chi connectivity index (χ1n) is 17.6.